The lowest BCUT2D eigenvalue weighted by Gasteiger charge is -2.28. The van der Waals surface area contributed by atoms with Crippen molar-refractivity contribution in [3.63, 3.8) is 0 Å². The number of halogens is 3. The zero-order valence-corrected chi connectivity index (χ0v) is 16.7. The maximum atomic E-state index is 13.4. The van der Waals surface area contributed by atoms with Crippen LogP contribution in [0.5, 0.6) is 0 Å². The molecule has 0 spiro atoms. The Balaban J connectivity index is 1.73. The fraction of sp³-hybridized carbons (Fsp3) is 0.111. The molecule has 0 saturated heterocycles. The predicted octanol–water partition coefficient (Wildman–Crippen LogP) is 4.51. The number of hydrogen-bond acceptors (Lipinski definition) is 5. The molecule has 0 aliphatic carbocycles. The summed E-state index contributed by atoms with van der Waals surface area (Å²) in [6, 6.07) is 8.51. The zero-order valence-electron chi connectivity index (χ0n) is 14.4. The van der Waals surface area contributed by atoms with Crippen molar-refractivity contribution in [2.75, 3.05) is 11.4 Å². The molecule has 3 aromatic rings. The van der Waals surface area contributed by atoms with Gasteiger partial charge in [0.25, 0.3) is 10.0 Å². The zero-order chi connectivity index (χ0) is 20.1. The lowest BCUT2D eigenvalue weighted by atomic mass is 10.1. The van der Waals surface area contributed by atoms with Crippen LogP contribution in [0, 0.1) is 11.6 Å². The van der Waals surface area contributed by atoms with Crippen LogP contribution >= 0.6 is 23.4 Å². The molecule has 0 radical (unpaired) electrons. The Morgan fingerprint density at radius 2 is 1.93 bits per heavy atom. The number of sulfonamides is 1. The smallest absolute Gasteiger partial charge is 0.267 e. The first-order valence-corrected chi connectivity index (χ1v) is 10.8. The van der Waals surface area contributed by atoms with Gasteiger partial charge in [-0.3, -0.25) is 4.31 Å². The van der Waals surface area contributed by atoms with Crippen LogP contribution in [0.15, 0.2) is 52.6 Å². The number of nitrogens with zero attached hydrogens (tertiary/aromatic N) is 3. The first kappa shape index (κ1) is 19.1. The Kier molecular flexibility index (Phi) is 4.76. The average molecular weight is 440 g/mol. The molecule has 28 heavy (non-hydrogen) atoms. The monoisotopic (exact) mass is 439 g/mol. The summed E-state index contributed by atoms with van der Waals surface area (Å²) in [4.78, 5) is 8.51. The molecule has 0 atom stereocenters. The van der Waals surface area contributed by atoms with Gasteiger partial charge in [0.2, 0.25) is 0 Å². The molecule has 2 heterocycles. The van der Waals surface area contributed by atoms with Crippen molar-refractivity contribution < 1.29 is 17.2 Å². The van der Waals surface area contributed by atoms with Gasteiger partial charge >= 0.3 is 0 Å². The number of aromatic nitrogens is 2. The highest BCUT2D eigenvalue weighted by molar-refractivity contribution is 7.98. The highest BCUT2D eigenvalue weighted by atomic mass is 35.5. The van der Waals surface area contributed by atoms with Gasteiger partial charge in [-0.25, -0.2) is 27.2 Å². The molecule has 1 aliphatic rings. The number of hydrogen-bond donors (Lipinski definition) is 0. The van der Waals surface area contributed by atoms with Gasteiger partial charge in [0.05, 0.1) is 17.6 Å². The van der Waals surface area contributed by atoms with Gasteiger partial charge in [-0.15, -0.1) is 0 Å². The molecule has 1 aliphatic heterocycles. The molecule has 5 nitrogen and oxygen atoms in total. The predicted molar refractivity (Wildman–Crippen MR) is 104 cm³/mol. The molecule has 0 saturated carbocycles. The van der Waals surface area contributed by atoms with Gasteiger partial charge < -0.3 is 0 Å². The molecule has 1 aromatic heterocycles. The van der Waals surface area contributed by atoms with E-state index in [2.05, 4.69) is 9.97 Å². The third-order valence-electron chi connectivity index (χ3n) is 4.28. The Morgan fingerprint density at radius 1 is 1.14 bits per heavy atom. The molecule has 10 heteroatoms. The van der Waals surface area contributed by atoms with Gasteiger partial charge in [-0.2, -0.15) is 0 Å². The van der Waals surface area contributed by atoms with Gasteiger partial charge in [0, 0.05) is 23.4 Å². The Morgan fingerprint density at radius 3 is 2.68 bits per heavy atom. The number of anilines is 1. The quantitative estimate of drug-likeness (QED) is 0.444. The maximum absolute atomic E-state index is 13.4. The van der Waals surface area contributed by atoms with Crippen molar-refractivity contribution in [1.29, 1.82) is 0 Å². The minimum absolute atomic E-state index is 0.0121. The largest absolute Gasteiger partial charge is 0.269 e. The summed E-state index contributed by atoms with van der Waals surface area (Å²) in [5.74, 6) is -1.55. The van der Waals surface area contributed by atoms with Crippen molar-refractivity contribution in [3.05, 3.63) is 64.8 Å². The van der Waals surface area contributed by atoms with E-state index in [1.807, 2.05) is 0 Å². The fourth-order valence-electron chi connectivity index (χ4n) is 2.83. The highest BCUT2D eigenvalue weighted by Gasteiger charge is 2.34. The van der Waals surface area contributed by atoms with Gasteiger partial charge in [0.1, 0.15) is 4.90 Å². The normalized spacial score (nSPS) is 14.5. The minimum Gasteiger partial charge on any atom is -0.269 e. The Hall–Kier alpha value is -2.23. The molecule has 0 unspecified atom stereocenters. The van der Waals surface area contributed by atoms with E-state index in [-0.39, 0.29) is 10.6 Å². The van der Waals surface area contributed by atoms with Crippen LogP contribution in [0.25, 0.3) is 11.3 Å². The second-order valence-corrected chi connectivity index (χ2v) is 9.35. The van der Waals surface area contributed by atoms with E-state index in [1.54, 1.807) is 18.2 Å². The third kappa shape index (κ3) is 3.23. The van der Waals surface area contributed by atoms with Crippen molar-refractivity contribution in [2.24, 2.45) is 0 Å². The van der Waals surface area contributed by atoms with E-state index < -0.39 is 21.7 Å². The van der Waals surface area contributed by atoms with Gasteiger partial charge in [0.15, 0.2) is 16.8 Å². The summed E-state index contributed by atoms with van der Waals surface area (Å²) < 4.78 is 53.1. The topological polar surface area (TPSA) is 63.2 Å². The number of fused-ring (bicyclic) bond motifs is 3. The summed E-state index contributed by atoms with van der Waals surface area (Å²) in [6.45, 7) is 0. The van der Waals surface area contributed by atoms with Crippen molar-refractivity contribution in [3.8, 4) is 11.3 Å². The van der Waals surface area contributed by atoms with Crippen LogP contribution in [0.4, 0.5) is 14.5 Å². The fourth-order valence-corrected chi connectivity index (χ4v) is 5.06. The molecule has 0 bridgehead atoms. The van der Waals surface area contributed by atoms with E-state index in [0.29, 0.717) is 32.7 Å². The van der Waals surface area contributed by atoms with Crippen LogP contribution in [0.1, 0.15) is 5.56 Å². The van der Waals surface area contributed by atoms with E-state index in [9.17, 15) is 17.2 Å². The summed E-state index contributed by atoms with van der Waals surface area (Å²) in [7, 11) is -2.32. The lowest BCUT2D eigenvalue weighted by molar-refractivity contribution is 0.507. The second-order valence-electron chi connectivity index (χ2n) is 6.04. The minimum atomic E-state index is -3.78. The lowest BCUT2D eigenvalue weighted by Crippen LogP contribution is -2.31. The average Bonchev–Trinajstić information content (AvgIpc) is 2.67. The SMILES string of the molecule is CN1c2ccc(Cl)cc2-c2nc(SCc3ccc(F)c(F)c3)ncc2S1(=O)=O. The van der Waals surface area contributed by atoms with Gasteiger partial charge in [-0.05, 0) is 35.9 Å². The number of rotatable bonds is 3. The molecule has 0 N–H and O–H groups in total. The molecule has 0 fully saturated rings. The van der Waals surface area contributed by atoms with Crippen molar-refractivity contribution in [1.82, 2.24) is 9.97 Å². The Bertz CT molecular complexity index is 1210. The van der Waals surface area contributed by atoms with E-state index in [4.69, 9.17) is 11.6 Å². The van der Waals surface area contributed by atoms with E-state index >= 15 is 0 Å². The molecular weight excluding hydrogens is 428 g/mol. The van der Waals surface area contributed by atoms with Crippen LogP contribution in [-0.2, 0) is 15.8 Å². The second kappa shape index (κ2) is 6.98. The first-order chi connectivity index (χ1) is 13.3. The molecule has 2 aromatic carbocycles. The van der Waals surface area contributed by atoms with Crippen LogP contribution in [0.2, 0.25) is 5.02 Å². The maximum Gasteiger partial charge on any atom is 0.267 e. The molecule has 144 valence electrons. The summed E-state index contributed by atoms with van der Waals surface area (Å²) in [5.41, 5.74) is 1.86. The summed E-state index contributed by atoms with van der Waals surface area (Å²) >= 11 is 7.28. The van der Waals surface area contributed by atoms with Crippen molar-refractivity contribution in [2.45, 2.75) is 15.8 Å². The van der Waals surface area contributed by atoms with E-state index in [1.165, 1.54) is 35.4 Å². The molecular formula is C18H12ClF2N3O2S2. The molecule has 0 amide bonds. The highest BCUT2D eigenvalue weighted by Crippen LogP contribution is 2.42. The van der Waals surface area contributed by atoms with Gasteiger partial charge in [-0.1, -0.05) is 29.4 Å². The van der Waals surface area contributed by atoms with Crippen LogP contribution < -0.4 is 4.31 Å². The van der Waals surface area contributed by atoms with Crippen LogP contribution in [-0.4, -0.2) is 25.4 Å². The molecule has 4 rings (SSSR count). The summed E-state index contributed by atoms with van der Waals surface area (Å²) in [6.07, 6.45) is 1.26. The van der Waals surface area contributed by atoms with Crippen molar-refractivity contribution >= 4 is 39.1 Å². The van der Waals surface area contributed by atoms with Crippen LogP contribution in [0.3, 0.4) is 0 Å². The third-order valence-corrected chi connectivity index (χ3v) is 7.22. The Labute approximate surface area is 169 Å². The van der Waals surface area contributed by atoms with E-state index in [0.717, 1.165) is 12.1 Å². The standard InChI is InChI=1S/C18H12ClF2N3O2S2/c1-24-15-5-3-11(19)7-12(15)17-16(28(24,25)26)8-22-18(23-17)27-9-10-2-4-13(20)14(21)6-10/h2-8H,9H2,1H3. The number of benzene rings is 2. The number of thioether (sulfide) groups is 1. The first-order valence-electron chi connectivity index (χ1n) is 8.00. The summed E-state index contributed by atoms with van der Waals surface area (Å²) in [5, 5.41) is 0.765.